The molecule has 0 amide bonds. The van der Waals surface area contributed by atoms with E-state index in [1.54, 1.807) is 0 Å². The minimum atomic E-state index is 0.240. The van der Waals surface area contributed by atoms with Crippen LogP contribution in [0.4, 0.5) is 0 Å². The Balaban J connectivity index is 1.74. The number of ether oxygens (including phenoxy) is 1. The Bertz CT molecular complexity index is 621. The van der Waals surface area contributed by atoms with Crippen molar-refractivity contribution >= 4 is 0 Å². The molecule has 1 unspecified atom stereocenters. The van der Waals surface area contributed by atoms with Gasteiger partial charge in [0.25, 0.3) is 0 Å². The van der Waals surface area contributed by atoms with Gasteiger partial charge in [0.2, 0.25) is 0 Å². The molecule has 128 valence electrons. The fourth-order valence-corrected chi connectivity index (χ4v) is 3.44. The predicted molar refractivity (Wildman–Crippen MR) is 99.0 cm³/mol. The Labute approximate surface area is 145 Å². The van der Waals surface area contributed by atoms with Crippen molar-refractivity contribution in [2.75, 3.05) is 19.6 Å². The van der Waals surface area contributed by atoms with Gasteiger partial charge in [0.1, 0.15) is 12.4 Å². The lowest BCUT2D eigenvalue weighted by Gasteiger charge is -2.37. The van der Waals surface area contributed by atoms with Crippen LogP contribution in [-0.4, -0.2) is 24.5 Å². The van der Waals surface area contributed by atoms with Crippen molar-refractivity contribution in [2.24, 2.45) is 11.7 Å². The van der Waals surface area contributed by atoms with E-state index in [1.165, 1.54) is 24.0 Å². The standard InChI is InChI=1S/C21H28N2O/c1-17-11-13-23(14-12-17)20(15-22)19-9-5-6-10-21(19)24-16-18-7-3-2-4-8-18/h2-10,17,20H,11-16,22H2,1H3. The zero-order valence-corrected chi connectivity index (χ0v) is 14.5. The van der Waals surface area contributed by atoms with E-state index in [9.17, 15) is 0 Å². The van der Waals surface area contributed by atoms with E-state index in [0.29, 0.717) is 13.2 Å². The first kappa shape index (κ1) is 17.0. The molecule has 2 N–H and O–H groups in total. The van der Waals surface area contributed by atoms with Crippen LogP contribution in [0.15, 0.2) is 54.6 Å². The molecule has 0 radical (unpaired) electrons. The molecule has 2 aromatic carbocycles. The minimum absolute atomic E-state index is 0.240. The number of piperidine rings is 1. The average Bonchev–Trinajstić information content (AvgIpc) is 2.64. The summed E-state index contributed by atoms with van der Waals surface area (Å²) in [5.74, 6) is 1.78. The zero-order valence-electron chi connectivity index (χ0n) is 14.5. The van der Waals surface area contributed by atoms with Crippen LogP contribution in [0.2, 0.25) is 0 Å². The first-order chi connectivity index (χ1) is 11.8. The van der Waals surface area contributed by atoms with E-state index < -0.39 is 0 Å². The lowest BCUT2D eigenvalue weighted by Crippen LogP contribution is -2.39. The van der Waals surface area contributed by atoms with Crippen molar-refractivity contribution in [1.29, 1.82) is 0 Å². The van der Waals surface area contributed by atoms with Gasteiger partial charge in [0.15, 0.2) is 0 Å². The van der Waals surface area contributed by atoms with Crippen molar-refractivity contribution in [2.45, 2.75) is 32.4 Å². The molecular weight excluding hydrogens is 296 g/mol. The van der Waals surface area contributed by atoms with Gasteiger partial charge in [-0.3, -0.25) is 4.90 Å². The highest BCUT2D eigenvalue weighted by Crippen LogP contribution is 2.32. The van der Waals surface area contributed by atoms with Crippen LogP contribution < -0.4 is 10.5 Å². The van der Waals surface area contributed by atoms with Crippen molar-refractivity contribution in [1.82, 2.24) is 4.90 Å². The summed E-state index contributed by atoms with van der Waals surface area (Å²) in [4.78, 5) is 2.52. The fourth-order valence-electron chi connectivity index (χ4n) is 3.44. The lowest BCUT2D eigenvalue weighted by atomic mass is 9.95. The van der Waals surface area contributed by atoms with Crippen molar-refractivity contribution in [3.05, 3.63) is 65.7 Å². The highest BCUT2D eigenvalue weighted by molar-refractivity contribution is 5.36. The van der Waals surface area contributed by atoms with Gasteiger partial charge in [-0.2, -0.15) is 0 Å². The number of nitrogens with two attached hydrogens (primary N) is 1. The second-order valence-electron chi connectivity index (χ2n) is 6.78. The van der Waals surface area contributed by atoms with E-state index >= 15 is 0 Å². The summed E-state index contributed by atoms with van der Waals surface area (Å²) in [7, 11) is 0. The van der Waals surface area contributed by atoms with Gasteiger partial charge in [-0.1, -0.05) is 55.5 Å². The number of benzene rings is 2. The molecule has 1 atom stereocenters. The van der Waals surface area contributed by atoms with Crippen LogP contribution in [0.25, 0.3) is 0 Å². The lowest BCUT2D eigenvalue weighted by molar-refractivity contribution is 0.138. The van der Waals surface area contributed by atoms with Crippen LogP contribution in [0.3, 0.4) is 0 Å². The average molecular weight is 324 g/mol. The highest BCUT2D eigenvalue weighted by Gasteiger charge is 2.25. The van der Waals surface area contributed by atoms with Gasteiger partial charge in [0, 0.05) is 12.1 Å². The van der Waals surface area contributed by atoms with Crippen LogP contribution >= 0.6 is 0 Å². The molecule has 0 aliphatic carbocycles. The monoisotopic (exact) mass is 324 g/mol. The number of hydrogen-bond donors (Lipinski definition) is 1. The Morgan fingerprint density at radius 1 is 1.04 bits per heavy atom. The molecule has 1 saturated heterocycles. The molecule has 0 spiro atoms. The molecular formula is C21H28N2O. The van der Waals surface area contributed by atoms with E-state index in [0.717, 1.165) is 24.8 Å². The molecule has 1 heterocycles. The van der Waals surface area contributed by atoms with Crippen LogP contribution in [0, 0.1) is 5.92 Å². The highest BCUT2D eigenvalue weighted by atomic mass is 16.5. The Kier molecular flexibility index (Phi) is 5.89. The van der Waals surface area contributed by atoms with Crippen molar-refractivity contribution < 1.29 is 4.74 Å². The molecule has 0 bridgehead atoms. The SMILES string of the molecule is CC1CCN(C(CN)c2ccccc2OCc2ccccc2)CC1. The predicted octanol–water partition coefficient (Wildman–Crippen LogP) is 4.00. The molecule has 0 saturated carbocycles. The maximum Gasteiger partial charge on any atom is 0.124 e. The quantitative estimate of drug-likeness (QED) is 0.873. The Morgan fingerprint density at radius 2 is 1.71 bits per heavy atom. The van der Waals surface area contributed by atoms with E-state index in [-0.39, 0.29) is 6.04 Å². The molecule has 1 aliphatic heterocycles. The molecule has 3 heteroatoms. The zero-order chi connectivity index (χ0) is 16.8. The van der Waals surface area contributed by atoms with Gasteiger partial charge in [-0.05, 0) is 43.5 Å². The second-order valence-corrected chi connectivity index (χ2v) is 6.78. The fraction of sp³-hybridized carbons (Fsp3) is 0.429. The van der Waals surface area contributed by atoms with Crippen LogP contribution in [-0.2, 0) is 6.61 Å². The van der Waals surface area contributed by atoms with Gasteiger partial charge in [-0.25, -0.2) is 0 Å². The van der Waals surface area contributed by atoms with Gasteiger partial charge in [0.05, 0.1) is 6.04 Å². The van der Waals surface area contributed by atoms with E-state index in [4.69, 9.17) is 10.5 Å². The minimum Gasteiger partial charge on any atom is -0.489 e. The number of rotatable bonds is 6. The summed E-state index contributed by atoms with van der Waals surface area (Å²) < 4.78 is 6.14. The third-order valence-electron chi connectivity index (χ3n) is 5.00. The molecule has 0 aromatic heterocycles. The van der Waals surface area contributed by atoms with Crippen LogP contribution in [0.1, 0.15) is 36.9 Å². The summed E-state index contributed by atoms with van der Waals surface area (Å²) in [6.07, 6.45) is 2.51. The summed E-state index contributed by atoms with van der Waals surface area (Å²) in [5, 5.41) is 0. The first-order valence-electron chi connectivity index (χ1n) is 8.97. The third kappa shape index (κ3) is 4.16. The summed E-state index contributed by atoms with van der Waals surface area (Å²) in [5.41, 5.74) is 8.55. The topological polar surface area (TPSA) is 38.5 Å². The molecule has 3 nitrogen and oxygen atoms in total. The van der Waals surface area contributed by atoms with Crippen LogP contribution in [0.5, 0.6) is 5.75 Å². The number of likely N-dealkylation sites (tertiary alicyclic amines) is 1. The summed E-state index contributed by atoms with van der Waals surface area (Å²) in [6.45, 7) is 5.80. The largest absolute Gasteiger partial charge is 0.489 e. The summed E-state index contributed by atoms with van der Waals surface area (Å²) >= 11 is 0. The van der Waals surface area contributed by atoms with E-state index in [1.807, 2.05) is 24.3 Å². The third-order valence-corrected chi connectivity index (χ3v) is 5.00. The maximum absolute atomic E-state index is 6.15. The normalized spacial score (nSPS) is 17.6. The van der Waals surface area contributed by atoms with Gasteiger partial charge >= 0.3 is 0 Å². The number of hydrogen-bond acceptors (Lipinski definition) is 3. The number of nitrogens with zero attached hydrogens (tertiary/aromatic N) is 1. The Hall–Kier alpha value is -1.84. The van der Waals surface area contributed by atoms with E-state index in [2.05, 4.69) is 42.2 Å². The number of para-hydroxylation sites is 1. The van der Waals surface area contributed by atoms with Crippen molar-refractivity contribution in [3.8, 4) is 5.75 Å². The van der Waals surface area contributed by atoms with Crippen molar-refractivity contribution in [3.63, 3.8) is 0 Å². The summed E-state index contributed by atoms with van der Waals surface area (Å²) in [6, 6.07) is 18.9. The van der Waals surface area contributed by atoms with Gasteiger partial charge in [-0.15, -0.1) is 0 Å². The molecule has 24 heavy (non-hydrogen) atoms. The molecule has 1 aliphatic rings. The smallest absolute Gasteiger partial charge is 0.124 e. The molecule has 2 aromatic rings. The Morgan fingerprint density at radius 3 is 2.42 bits per heavy atom. The van der Waals surface area contributed by atoms with Gasteiger partial charge < -0.3 is 10.5 Å². The first-order valence-corrected chi connectivity index (χ1v) is 8.97. The maximum atomic E-state index is 6.15. The molecule has 3 rings (SSSR count). The molecule has 1 fully saturated rings. The second kappa shape index (κ2) is 8.32.